The number of nitrogens with zero attached hydrogens (tertiary/aromatic N) is 2. The monoisotopic (exact) mass is 286 g/mol. The van der Waals surface area contributed by atoms with E-state index < -0.39 is 5.82 Å². The highest BCUT2D eigenvalue weighted by molar-refractivity contribution is 5.41. The summed E-state index contributed by atoms with van der Waals surface area (Å²) >= 11 is 0. The van der Waals surface area contributed by atoms with Gasteiger partial charge in [0.2, 0.25) is 0 Å². The molecule has 1 aromatic carbocycles. The fourth-order valence-corrected chi connectivity index (χ4v) is 2.04. The highest BCUT2D eigenvalue weighted by atomic mass is 19.1. The van der Waals surface area contributed by atoms with Gasteiger partial charge in [-0.15, -0.1) is 0 Å². The maximum atomic E-state index is 13.5. The first kappa shape index (κ1) is 14.8. The quantitative estimate of drug-likeness (QED) is 0.865. The van der Waals surface area contributed by atoms with Crippen molar-refractivity contribution >= 4 is 0 Å². The molecule has 0 saturated heterocycles. The van der Waals surface area contributed by atoms with Crippen LogP contribution in [-0.2, 0) is 6.61 Å². The van der Waals surface area contributed by atoms with Gasteiger partial charge in [-0.3, -0.25) is 4.98 Å². The Morgan fingerprint density at radius 3 is 2.71 bits per heavy atom. The van der Waals surface area contributed by atoms with Gasteiger partial charge < -0.3 is 9.47 Å². The molecule has 0 atom stereocenters. The third-order valence-corrected chi connectivity index (χ3v) is 3.19. The summed E-state index contributed by atoms with van der Waals surface area (Å²) in [4.78, 5) is 4.31. The second-order valence-corrected chi connectivity index (χ2v) is 4.59. The van der Waals surface area contributed by atoms with Gasteiger partial charge in [0.15, 0.2) is 0 Å². The number of nitriles is 1. The number of aryl methyl sites for hydroxylation is 1. The van der Waals surface area contributed by atoms with Gasteiger partial charge in [0.05, 0.1) is 18.4 Å². The maximum Gasteiger partial charge on any atom is 0.144 e. The molecule has 0 amide bonds. The lowest BCUT2D eigenvalue weighted by molar-refractivity contribution is 0.297. The van der Waals surface area contributed by atoms with Gasteiger partial charge in [0, 0.05) is 23.4 Å². The Labute approximate surface area is 122 Å². The van der Waals surface area contributed by atoms with Crippen LogP contribution in [0.25, 0.3) is 0 Å². The number of hydrogen-bond acceptors (Lipinski definition) is 4. The van der Waals surface area contributed by atoms with Crippen molar-refractivity contribution in [1.82, 2.24) is 4.98 Å². The zero-order chi connectivity index (χ0) is 15.4. The van der Waals surface area contributed by atoms with Crippen LogP contribution in [0.5, 0.6) is 11.5 Å². The fraction of sp³-hybridized carbons (Fsp3) is 0.250. The summed E-state index contributed by atoms with van der Waals surface area (Å²) in [5, 5.41) is 8.68. The molecule has 2 rings (SSSR count). The van der Waals surface area contributed by atoms with Gasteiger partial charge >= 0.3 is 0 Å². The molecule has 0 saturated carbocycles. The molecule has 2 aromatic rings. The van der Waals surface area contributed by atoms with Crippen molar-refractivity contribution < 1.29 is 13.9 Å². The Kier molecular flexibility index (Phi) is 4.39. The highest BCUT2D eigenvalue weighted by Crippen LogP contribution is 2.25. The Balaban J connectivity index is 2.17. The molecule has 4 nitrogen and oxygen atoms in total. The van der Waals surface area contributed by atoms with Crippen LogP contribution in [0.2, 0.25) is 0 Å². The molecule has 0 aliphatic rings. The number of halogens is 1. The van der Waals surface area contributed by atoms with Crippen molar-refractivity contribution in [2.45, 2.75) is 20.5 Å². The lowest BCUT2D eigenvalue weighted by Gasteiger charge is -2.13. The summed E-state index contributed by atoms with van der Waals surface area (Å²) in [6.45, 7) is 4.02. The molecule has 0 spiro atoms. The second-order valence-electron chi connectivity index (χ2n) is 4.59. The lowest BCUT2D eigenvalue weighted by atomic mass is 10.1. The van der Waals surface area contributed by atoms with Crippen LogP contribution in [0.3, 0.4) is 0 Å². The molecule has 108 valence electrons. The van der Waals surface area contributed by atoms with Crippen molar-refractivity contribution in [2.24, 2.45) is 0 Å². The van der Waals surface area contributed by atoms with Gasteiger partial charge in [0.1, 0.15) is 30.0 Å². The topological polar surface area (TPSA) is 55.1 Å². The van der Waals surface area contributed by atoms with Gasteiger partial charge in [-0.05, 0) is 26.0 Å². The summed E-state index contributed by atoms with van der Waals surface area (Å²) in [7, 11) is 1.61. The van der Waals surface area contributed by atoms with Gasteiger partial charge in [-0.1, -0.05) is 0 Å². The number of ether oxygens (including phenoxy) is 2. The van der Waals surface area contributed by atoms with E-state index in [1.807, 2.05) is 13.8 Å². The van der Waals surface area contributed by atoms with E-state index in [0.717, 1.165) is 22.6 Å². The molecule has 0 aliphatic carbocycles. The fourth-order valence-electron chi connectivity index (χ4n) is 2.04. The molecular weight excluding hydrogens is 271 g/mol. The van der Waals surface area contributed by atoms with Crippen molar-refractivity contribution in [3.63, 3.8) is 0 Å². The first-order valence-electron chi connectivity index (χ1n) is 6.38. The summed E-state index contributed by atoms with van der Waals surface area (Å²) in [5.74, 6) is 0.531. The molecule has 0 N–H and O–H groups in total. The average molecular weight is 286 g/mol. The van der Waals surface area contributed by atoms with E-state index in [1.165, 1.54) is 12.1 Å². The summed E-state index contributed by atoms with van der Waals surface area (Å²) < 4.78 is 24.3. The van der Waals surface area contributed by atoms with E-state index in [9.17, 15) is 4.39 Å². The van der Waals surface area contributed by atoms with Gasteiger partial charge in [-0.25, -0.2) is 4.39 Å². The van der Waals surface area contributed by atoms with Crippen LogP contribution in [-0.4, -0.2) is 12.1 Å². The minimum atomic E-state index is -0.596. The Hall–Kier alpha value is -2.61. The summed E-state index contributed by atoms with van der Waals surface area (Å²) in [5.41, 5.74) is 2.56. The smallest absolute Gasteiger partial charge is 0.144 e. The van der Waals surface area contributed by atoms with Crippen molar-refractivity contribution in [3.8, 4) is 17.6 Å². The zero-order valence-electron chi connectivity index (χ0n) is 12.1. The molecule has 21 heavy (non-hydrogen) atoms. The molecule has 0 radical (unpaired) electrons. The number of benzene rings is 1. The van der Waals surface area contributed by atoms with Crippen LogP contribution in [0.1, 0.15) is 22.4 Å². The Bertz CT molecular complexity index is 708. The number of rotatable bonds is 4. The van der Waals surface area contributed by atoms with Gasteiger partial charge in [0.25, 0.3) is 0 Å². The molecule has 0 fully saturated rings. The normalized spacial score (nSPS) is 10.0. The average Bonchev–Trinajstić information content (AvgIpc) is 2.47. The van der Waals surface area contributed by atoms with E-state index in [2.05, 4.69) is 4.98 Å². The number of methoxy groups -OCH3 is 1. The standard InChI is InChI=1S/C16H15FN2O2/c1-10-8-19-15(11(2)16(10)20-3)9-21-13-5-4-12(7-18)14(17)6-13/h4-6,8H,9H2,1-3H3. The van der Waals surface area contributed by atoms with Crippen LogP contribution in [0, 0.1) is 31.0 Å². The van der Waals surface area contributed by atoms with Crippen molar-refractivity contribution in [1.29, 1.82) is 5.26 Å². The Morgan fingerprint density at radius 1 is 1.33 bits per heavy atom. The van der Waals surface area contributed by atoms with E-state index in [4.69, 9.17) is 14.7 Å². The number of hydrogen-bond donors (Lipinski definition) is 0. The van der Waals surface area contributed by atoms with Crippen LogP contribution >= 0.6 is 0 Å². The predicted octanol–water partition coefficient (Wildman–Crippen LogP) is 3.30. The minimum Gasteiger partial charge on any atom is -0.496 e. The van der Waals surface area contributed by atoms with Crippen LogP contribution in [0.4, 0.5) is 4.39 Å². The van der Waals surface area contributed by atoms with E-state index >= 15 is 0 Å². The molecule has 1 aromatic heterocycles. The third-order valence-electron chi connectivity index (χ3n) is 3.19. The summed E-state index contributed by atoms with van der Waals surface area (Å²) in [6, 6.07) is 5.91. The number of aromatic nitrogens is 1. The van der Waals surface area contributed by atoms with Gasteiger partial charge in [-0.2, -0.15) is 5.26 Å². The Morgan fingerprint density at radius 2 is 2.10 bits per heavy atom. The molecule has 1 heterocycles. The van der Waals surface area contributed by atoms with E-state index in [0.29, 0.717) is 5.75 Å². The minimum absolute atomic E-state index is 0.00587. The molecule has 0 aliphatic heterocycles. The zero-order valence-corrected chi connectivity index (χ0v) is 12.1. The number of pyridine rings is 1. The van der Waals surface area contributed by atoms with Crippen molar-refractivity contribution in [3.05, 3.63) is 52.6 Å². The first-order chi connectivity index (χ1) is 10.1. The molecule has 0 bridgehead atoms. The molecule has 5 heteroatoms. The van der Waals surface area contributed by atoms with Crippen molar-refractivity contribution in [2.75, 3.05) is 7.11 Å². The largest absolute Gasteiger partial charge is 0.496 e. The van der Waals surface area contributed by atoms with E-state index in [-0.39, 0.29) is 12.2 Å². The first-order valence-corrected chi connectivity index (χ1v) is 6.38. The van der Waals surface area contributed by atoms with Crippen LogP contribution in [0.15, 0.2) is 24.4 Å². The highest BCUT2D eigenvalue weighted by Gasteiger charge is 2.10. The second kappa shape index (κ2) is 6.23. The van der Waals surface area contributed by atoms with E-state index in [1.54, 1.807) is 25.4 Å². The molecular formula is C16H15FN2O2. The summed E-state index contributed by atoms with van der Waals surface area (Å²) in [6.07, 6.45) is 1.71. The molecule has 0 unspecified atom stereocenters. The SMILES string of the molecule is COc1c(C)cnc(COc2ccc(C#N)c(F)c2)c1C. The predicted molar refractivity (Wildman–Crippen MR) is 75.7 cm³/mol. The third kappa shape index (κ3) is 3.11. The lowest BCUT2D eigenvalue weighted by Crippen LogP contribution is -2.04. The van der Waals surface area contributed by atoms with Crippen LogP contribution < -0.4 is 9.47 Å². The maximum absolute atomic E-state index is 13.5.